The Bertz CT molecular complexity index is 982. The number of alkyl halides is 2. The summed E-state index contributed by atoms with van der Waals surface area (Å²) in [5.74, 6) is -0.137. The van der Waals surface area contributed by atoms with E-state index in [1.54, 1.807) is 12.3 Å². The number of thiazole rings is 1. The van der Waals surface area contributed by atoms with Gasteiger partial charge in [-0.3, -0.25) is 0 Å². The molecule has 2 aliphatic heterocycles. The van der Waals surface area contributed by atoms with Crippen LogP contribution >= 0.6 is 11.3 Å². The maximum Gasteiger partial charge on any atom is 0.421 e. The van der Waals surface area contributed by atoms with Gasteiger partial charge >= 0.3 is 6.11 Å². The second kappa shape index (κ2) is 6.64. The third-order valence-corrected chi connectivity index (χ3v) is 5.89. The predicted octanol–water partition coefficient (Wildman–Crippen LogP) is 2.86. The van der Waals surface area contributed by atoms with Gasteiger partial charge in [0.15, 0.2) is 16.8 Å². The van der Waals surface area contributed by atoms with Gasteiger partial charge in [-0.15, -0.1) is 11.3 Å². The average Bonchev–Trinajstić information content (AvgIpc) is 3.42. The molecule has 7 nitrogen and oxygen atoms in total. The lowest BCUT2D eigenvalue weighted by atomic mass is 10.2. The zero-order chi connectivity index (χ0) is 19.3. The number of aliphatic hydroxyl groups excluding tert-OH is 1. The number of oxazole rings is 1. The van der Waals surface area contributed by atoms with E-state index < -0.39 is 12.7 Å². The number of piperazine rings is 1. The van der Waals surface area contributed by atoms with Gasteiger partial charge in [0.1, 0.15) is 11.6 Å². The van der Waals surface area contributed by atoms with Gasteiger partial charge in [0.25, 0.3) is 6.01 Å². The van der Waals surface area contributed by atoms with Crippen LogP contribution in [0.4, 0.5) is 14.8 Å². The van der Waals surface area contributed by atoms with Crippen LogP contribution in [0.15, 0.2) is 28.1 Å². The summed E-state index contributed by atoms with van der Waals surface area (Å²) in [6.07, 6.45) is 0.163. The van der Waals surface area contributed by atoms with Crippen molar-refractivity contribution >= 4 is 28.5 Å². The van der Waals surface area contributed by atoms with Gasteiger partial charge < -0.3 is 24.5 Å². The molecule has 2 aromatic heterocycles. The number of nitrogens with zero attached hydrogens (tertiary/aromatic N) is 3. The molecule has 2 aliphatic rings. The molecule has 148 valence electrons. The van der Waals surface area contributed by atoms with Crippen LogP contribution < -0.4 is 15.0 Å². The zero-order valence-electron chi connectivity index (χ0n) is 14.8. The fourth-order valence-corrected chi connectivity index (χ4v) is 4.52. The molecular weight excluding hydrogens is 390 g/mol. The number of benzene rings is 1. The highest BCUT2D eigenvalue weighted by Gasteiger charge is 2.36. The number of halogens is 2. The highest BCUT2D eigenvalue weighted by atomic mass is 32.1. The summed E-state index contributed by atoms with van der Waals surface area (Å²) in [5, 5.41) is 14.9. The van der Waals surface area contributed by atoms with Crippen molar-refractivity contribution in [3.05, 3.63) is 23.7 Å². The molecule has 28 heavy (non-hydrogen) atoms. The van der Waals surface area contributed by atoms with Crippen LogP contribution in [0.25, 0.3) is 21.7 Å². The van der Waals surface area contributed by atoms with Crippen LogP contribution in [0.3, 0.4) is 0 Å². The Kier molecular flexibility index (Phi) is 4.22. The predicted molar refractivity (Wildman–Crippen MR) is 99.9 cm³/mol. The highest BCUT2D eigenvalue weighted by molar-refractivity contribution is 7.13. The van der Waals surface area contributed by atoms with E-state index in [0.717, 1.165) is 25.9 Å². The zero-order valence-corrected chi connectivity index (χ0v) is 15.6. The number of ether oxygens (including phenoxy) is 1. The first-order valence-corrected chi connectivity index (χ1v) is 9.92. The Morgan fingerprint density at radius 3 is 2.79 bits per heavy atom. The standard InChI is InChI=1S/C18H18F2N4O3S/c19-18(20,9-25)27-13-4-3-12(16-21-5-6-28-16)15-14(13)23-17(26-15)24-7-10-1-2-11(8-24)22-10/h3-6,10-11,22,25H,1-2,7-9H2. The van der Waals surface area contributed by atoms with Crippen molar-refractivity contribution in [1.29, 1.82) is 0 Å². The molecule has 5 rings (SSSR count). The molecule has 4 heterocycles. The number of fused-ring (bicyclic) bond motifs is 3. The van der Waals surface area contributed by atoms with Crippen LogP contribution in [-0.4, -0.2) is 53.0 Å². The van der Waals surface area contributed by atoms with Gasteiger partial charge in [-0.25, -0.2) is 4.98 Å². The van der Waals surface area contributed by atoms with E-state index in [9.17, 15) is 8.78 Å². The topological polar surface area (TPSA) is 83.7 Å². The lowest BCUT2D eigenvalue weighted by molar-refractivity contribution is -0.200. The molecule has 2 N–H and O–H groups in total. The smallest absolute Gasteiger partial charge is 0.421 e. The fourth-order valence-electron chi connectivity index (χ4n) is 3.86. The molecule has 2 saturated heterocycles. The minimum Gasteiger partial charge on any atom is -0.428 e. The lowest BCUT2D eigenvalue weighted by Gasteiger charge is -2.31. The van der Waals surface area contributed by atoms with Crippen LogP contribution in [0.5, 0.6) is 5.75 Å². The van der Waals surface area contributed by atoms with Gasteiger partial charge in [-0.1, -0.05) is 0 Å². The molecule has 0 radical (unpaired) electrons. The maximum atomic E-state index is 13.7. The second-order valence-corrected chi connectivity index (χ2v) is 7.96. The maximum absolute atomic E-state index is 13.7. The number of rotatable bonds is 5. The molecule has 0 spiro atoms. The first-order valence-electron chi connectivity index (χ1n) is 9.04. The fraction of sp³-hybridized carbons (Fsp3) is 0.444. The normalized spacial score (nSPS) is 22.2. The third kappa shape index (κ3) is 3.11. The van der Waals surface area contributed by atoms with Crippen molar-refractivity contribution in [3.63, 3.8) is 0 Å². The quantitative estimate of drug-likeness (QED) is 0.672. The SMILES string of the molecule is OCC(F)(F)Oc1ccc(-c2nccs2)c2oc(N3CC4CCC(C3)N4)nc12. The summed E-state index contributed by atoms with van der Waals surface area (Å²) in [6.45, 7) is 0.0758. The molecule has 3 aromatic rings. The van der Waals surface area contributed by atoms with Crippen LogP contribution in [0, 0.1) is 0 Å². The molecule has 2 bridgehead atoms. The van der Waals surface area contributed by atoms with E-state index in [1.165, 1.54) is 17.4 Å². The lowest BCUT2D eigenvalue weighted by Crippen LogP contribution is -2.51. The Labute approximate surface area is 163 Å². The number of nitrogens with one attached hydrogen (secondary N) is 1. The summed E-state index contributed by atoms with van der Waals surface area (Å²) in [6, 6.07) is 4.18. The molecule has 2 unspecified atom stereocenters. The summed E-state index contributed by atoms with van der Waals surface area (Å²) >= 11 is 1.42. The number of anilines is 1. The minimum atomic E-state index is -3.71. The molecular formula is C18H18F2N4O3S. The van der Waals surface area contributed by atoms with Crippen molar-refractivity contribution in [2.75, 3.05) is 24.6 Å². The Morgan fingerprint density at radius 2 is 2.11 bits per heavy atom. The van der Waals surface area contributed by atoms with E-state index in [4.69, 9.17) is 14.3 Å². The van der Waals surface area contributed by atoms with Crippen molar-refractivity contribution in [1.82, 2.24) is 15.3 Å². The summed E-state index contributed by atoms with van der Waals surface area (Å²) < 4.78 is 38.1. The van der Waals surface area contributed by atoms with Gasteiger partial charge in [0.2, 0.25) is 0 Å². The number of hydrogen-bond donors (Lipinski definition) is 2. The molecule has 2 fully saturated rings. The average molecular weight is 408 g/mol. The molecule has 0 aliphatic carbocycles. The van der Waals surface area contributed by atoms with E-state index >= 15 is 0 Å². The Morgan fingerprint density at radius 1 is 1.32 bits per heavy atom. The Hall–Kier alpha value is -2.30. The second-order valence-electron chi connectivity index (χ2n) is 7.06. The van der Waals surface area contributed by atoms with Crippen LogP contribution in [0.2, 0.25) is 0 Å². The summed E-state index contributed by atoms with van der Waals surface area (Å²) in [7, 11) is 0. The van der Waals surface area contributed by atoms with Crippen molar-refractivity contribution in [2.24, 2.45) is 0 Å². The van der Waals surface area contributed by atoms with E-state index in [0.29, 0.717) is 34.3 Å². The molecule has 1 aromatic carbocycles. The first kappa shape index (κ1) is 17.8. The largest absolute Gasteiger partial charge is 0.428 e. The van der Waals surface area contributed by atoms with Crippen LogP contribution in [-0.2, 0) is 0 Å². The molecule has 2 atom stereocenters. The number of hydrogen-bond acceptors (Lipinski definition) is 8. The monoisotopic (exact) mass is 408 g/mol. The summed E-state index contributed by atoms with van der Waals surface area (Å²) in [4.78, 5) is 10.8. The number of aliphatic hydroxyl groups is 1. The first-order chi connectivity index (χ1) is 13.5. The van der Waals surface area contributed by atoms with Crippen molar-refractivity contribution in [2.45, 2.75) is 31.0 Å². The van der Waals surface area contributed by atoms with Gasteiger partial charge in [0.05, 0.1) is 5.56 Å². The number of aromatic nitrogens is 2. The van der Waals surface area contributed by atoms with Gasteiger partial charge in [-0.2, -0.15) is 13.8 Å². The van der Waals surface area contributed by atoms with Crippen molar-refractivity contribution < 1.29 is 23.0 Å². The van der Waals surface area contributed by atoms with Gasteiger partial charge in [0, 0.05) is 36.8 Å². The van der Waals surface area contributed by atoms with Crippen LogP contribution in [0.1, 0.15) is 12.8 Å². The van der Waals surface area contributed by atoms with E-state index in [2.05, 4.69) is 15.3 Å². The Balaban J connectivity index is 1.60. The van der Waals surface area contributed by atoms with E-state index in [1.807, 2.05) is 10.3 Å². The molecule has 0 amide bonds. The summed E-state index contributed by atoms with van der Waals surface area (Å²) in [5.41, 5.74) is 1.21. The van der Waals surface area contributed by atoms with Crippen molar-refractivity contribution in [3.8, 4) is 16.3 Å². The minimum absolute atomic E-state index is 0.137. The van der Waals surface area contributed by atoms with E-state index in [-0.39, 0.29) is 11.3 Å². The highest BCUT2D eigenvalue weighted by Crippen LogP contribution is 2.39. The van der Waals surface area contributed by atoms with Gasteiger partial charge in [-0.05, 0) is 25.0 Å². The molecule has 0 saturated carbocycles. The third-order valence-electron chi connectivity index (χ3n) is 5.09. The molecule has 10 heteroatoms.